The van der Waals surface area contributed by atoms with Gasteiger partial charge in [0.15, 0.2) is 0 Å². The van der Waals surface area contributed by atoms with Gasteiger partial charge in [0.1, 0.15) is 5.67 Å². The number of hydrogen-bond acceptors (Lipinski definition) is 4. The minimum Gasteiger partial charge on any atom is -0.481 e. The summed E-state index contributed by atoms with van der Waals surface area (Å²) in [5, 5.41) is 0. The quantitative estimate of drug-likeness (QED) is 0.755. The lowest BCUT2D eigenvalue weighted by molar-refractivity contribution is -0.155. The van der Waals surface area contributed by atoms with Crippen molar-refractivity contribution in [1.29, 1.82) is 0 Å². The zero-order valence-electron chi connectivity index (χ0n) is 9.77. The molecule has 1 aliphatic carbocycles. The summed E-state index contributed by atoms with van der Waals surface area (Å²) in [5.74, 6) is -0.243. The number of rotatable bonds is 3. The molecule has 1 aliphatic rings. The predicted molar refractivity (Wildman–Crippen MR) is 58.3 cm³/mol. The summed E-state index contributed by atoms with van der Waals surface area (Å²) in [6.07, 6.45) is 1.77. The molecule has 0 spiro atoms. The Balaban J connectivity index is 2.06. The minimum absolute atomic E-state index is 0.160. The molecule has 1 aromatic heterocycles. The Bertz CT molecular complexity index is 412. The number of hydrogen-bond donors (Lipinski definition) is 0. The molecule has 0 N–H and O–H groups in total. The van der Waals surface area contributed by atoms with Crippen LogP contribution in [0.4, 0.5) is 4.39 Å². The maximum atomic E-state index is 14.3. The number of nitrogens with zero attached hydrogens (tertiary/aromatic N) is 1. The molecule has 92 valence electrons. The third kappa shape index (κ3) is 2.09. The lowest BCUT2D eigenvalue weighted by atomic mass is 9.69. The molecule has 0 aromatic carbocycles. The maximum Gasteiger partial charge on any atom is 0.308 e. The number of carbonyl (C=O) groups excluding carboxylic acids is 1. The van der Waals surface area contributed by atoms with Crippen molar-refractivity contribution in [2.24, 2.45) is 5.92 Å². The SMILES string of the molecule is COC(=O)C1CC(F)(c2ccc(OC)nc2)C1. The zero-order chi connectivity index (χ0) is 12.5. The van der Waals surface area contributed by atoms with Crippen molar-refractivity contribution in [3.8, 4) is 5.88 Å². The molecular formula is C12H14FNO3. The third-order valence-corrected chi connectivity index (χ3v) is 3.14. The first-order valence-electron chi connectivity index (χ1n) is 5.36. The van der Waals surface area contributed by atoms with Gasteiger partial charge in [-0.15, -0.1) is 0 Å². The van der Waals surface area contributed by atoms with Crippen LogP contribution in [0, 0.1) is 5.92 Å². The van der Waals surface area contributed by atoms with E-state index in [0.29, 0.717) is 11.4 Å². The number of pyridine rings is 1. The number of methoxy groups -OCH3 is 2. The molecule has 0 amide bonds. The molecule has 0 aliphatic heterocycles. The van der Waals surface area contributed by atoms with Crippen LogP contribution in [-0.2, 0) is 15.2 Å². The predicted octanol–water partition coefficient (Wildman–Crippen LogP) is 1.84. The van der Waals surface area contributed by atoms with Gasteiger partial charge >= 0.3 is 5.97 Å². The summed E-state index contributed by atoms with van der Waals surface area (Å²) in [7, 11) is 2.82. The molecule has 0 atom stereocenters. The van der Waals surface area contributed by atoms with Crippen LogP contribution in [0.1, 0.15) is 18.4 Å². The monoisotopic (exact) mass is 239 g/mol. The van der Waals surface area contributed by atoms with Crippen LogP contribution in [0.25, 0.3) is 0 Å². The Labute approximate surface area is 98.8 Å². The normalized spacial score (nSPS) is 27.1. The van der Waals surface area contributed by atoms with E-state index in [1.807, 2.05) is 0 Å². The number of ether oxygens (including phenoxy) is 2. The molecule has 0 saturated heterocycles. The zero-order valence-corrected chi connectivity index (χ0v) is 9.77. The second-order valence-corrected chi connectivity index (χ2v) is 4.18. The van der Waals surface area contributed by atoms with E-state index >= 15 is 0 Å². The first kappa shape index (κ1) is 11.8. The Morgan fingerprint density at radius 1 is 1.47 bits per heavy atom. The molecule has 1 saturated carbocycles. The molecule has 2 rings (SSSR count). The lowest BCUT2D eigenvalue weighted by Crippen LogP contribution is -2.41. The molecule has 17 heavy (non-hydrogen) atoms. The average molecular weight is 239 g/mol. The van der Waals surface area contributed by atoms with Gasteiger partial charge < -0.3 is 9.47 Å². The Kier molecular flexibility index (Phi) is 3.00. The highest BCUT2D eigenvalue weighted by molar-refractivity contribution is 5.74. The van der Waals surface area contributed by atoms with Crippen LogP contribution in [0.15, 0.2) is 18.3 Å². The fraction of sp³-hybridized carbons (Fsp3) is 0.500. The largest absolute Gasteiger partial charge is 0.481 e. The van der Waals surface area contributed by atoms with Crippen LogP contribution in [0.2, 0.25) is 0 Å². The van der Waals surface area contributed by atoms with Crippen LogP contribution in [0.5, 0.6) is 5.88 Å². The Morgan fingerprint density at radius 2 is 2.18 bits per heavy atom. The van der Waals surface area contributed by atoms with E-state index in [-0.39, 0.29) is 24.7 Å². The fourth-order valence-electron chi connectivity index (χ4n) is 2.06. The van der Waals surface area contributed by atoms with Gasteiger partial charge in [-0.2, -0.15) is 0 Å². The van der Waals surface area contributed by atoms with Crippen molar-refractivity contribution < 1.29 is 18.7 Å². The average Bonchev–Trinajstić information content (AvgIpc) is 2.34. The van der Waals surface area contributed by atoms with Gasteiger partial charge in [0.05, 0.1) is 20.1 Å². The second kappa shape index (κ2) is 4.31. The highest BCUT2D eigenvalue weighted by atomic mass is 19.1. The minimum atomic E-state index is -1.46. The molecule has 4 nitrogen and oxygen atoms in total. The van der Waals surface area contributed by atoms with Gasteiger partial charge in [-0.25, -0.2) is 9.37 Å². The van der Waals surface area contributed by atoms with Crippen molar-refractivity contribution >= 4 is 5.97 Å². The smallest absolute Gasteiger partial charge is 0.308 e. The molecule has 5 heteroatoms. The van der Waals surface area contributed by atoms with Crippen LogP contribution in [-0.4, -0.2) is 25.2 Å². The van der Waals surface area contributed by atoms with E-state index in [2.05, 4.69) is 9.72 Å². The highest BCUT2D eigenvalue weighted by Gasteiger charge is 2.50. The molecule has 0 unspecified atom stereocenters. The van der Waals surface area contributed by atoms with Crippen LogP contribution < -0.4 is 4.74 Å². The number of aromatic nitrogens is 1. The summed E-state index contributed by atoms with van der Waals surface area (Å²) < 4.78 is 23.8. The van der Waals surface area contributed by atoms with Crippen molar-refractivity contribution in [2.45, 2.75) is 18.5 Å². The first-order chi connectivity index (χ1) is 8.09. The highest BCUT2D eigenvalue weighted by Crippen LogP contribution is 2.49. The second-order valence-electron chi connectivity index (χ2n) is 4.18. The first-order valence-corrected chi connectivity index (χ1v) is 5.36. The Morgan fingerprint density at radius 3 is 2.65 bits per heavy atom. The van der Waals surface area contributed by atoms with Gasteiger partial charge in [-0.3, -0.25) is 4.79 Å². The molecule has 1 heterocycles. The number of halogens is 1. The van der Waals surface area contributed by atoms with Gasteiger partial charge in [0.25, 0.3) is 0 Å². The fourth-order valence-corrected chi connectivity index (χ4v) is 2.06. The lowest BCUT2D eigenvalue weighted by Gasteiger charge is -2.39. The third-order valence-electron chi connectivity index (χ3n) is 3.14. The van der Waals surface area contributed by atoms with Crippen LogP contribution in [0.3, 0.4) is 0 Å². The van der Waals surface area contributed by atoms with E-state index in [1.165, 1.54) is 20.4 Å². The van der Waals surface area contributed by atoms with E-state index in [1.54, 1.807) is 12.1 Å². The molecular weight excluding hydrogens is 225 g/mol. The number of alkyl halides is 1. The maximum absolute atomic E-state index is 14.3. The summed E-state index contributed by atoms with van der Waals surface area (Å²) in [6, 6.07) is 3.25. The molecule has 1 fully saturated rings. The molecule has 1 aromatic rings. The molecule has 0 bridgehead atoms. The summed E-state index contributed by atoms with van der Waals surface area (Å²) in [6.45, 7) is 0. The Hall–Kier alpha value is -1.65. The van der Waals surface area contributed by atoms with E-state index in [4.69, 9.17) is 4.74 Å². The van der Waals surface area contributed by atoms with Crippen LogP contribution >= 0.6 is 0 Å². The van der Waals surface area contributed by atoms with E-state index in [0.717, 1.165) is 0 Å². The van der Waals surface area contributed by atoms with Crippen molar-refractivity contribution in [3.63, 3.8) is 0 Å². The standard InChI is InChI=1S/C12H14FNO3/c1-16-10-4-3-9(7-14-10)12(13)5-8(6-12)11(15)17-2/h3-4,7-8H,5-6H2,1-2H3. The number of carbonyl (C=O) groups is 1. The summed E-state index contributed by atoms with van der Waals surface area (Å²) in [4.78, 5) is 15.1. The van der Waals surface area contributed by atoms with E-state index in [9.17, 15) is 9.18 Å². The topological polar surface area (TPSA) is 48.4 Å². The van der Waals surface area contributed by atoms with Crippen molar-refractivity contribution in [3.05, 3.63) is 23.9 Å². The van der Waals surface area contributed by atoms with Gasteiger partial charge in [0, 0.05) is 17.8 Å². The van der Waals surface area contributed by atoms with Gasteiger partial charge in [0.2, 0.25) is 5.88 Å². The number of esters is 1. The van der Waals surface area contributed by atoms with Gasteiger partial charge in [-0.05, 0) is 18.9 Å². The van der Waals surface area contributed by atoms with Crippen molar-refractivity contribution in [2.75, 3.05) is 14.2 Å². The van der Waals surface area contributed by atoms with E-state index < -0.39 is 5.67 Å². The van der Waals surface area contributed by atoms with Crippen molar-refractivity contribution in [1.82, 2.24) is 4.98 Å². The molecule has 0 radical (unpaired) electrons. The van der Waals surface area contributed by atoms with Gasteiger partial charge in [-0.1, -0.05) is 0 Å². The summed E-state index contributed by atoms with van der Waals surface area (Å²) in [5.41, 5.74) is -0.976. The summed E-state index contributed by atoms with van der Waals surface area (Å²) >= 11 is 0.